The number of ether oxygens (including phenoxy) is 1. The molecule has 0 fully saturated rings. The van der Waals surface area contributed by atoms with Crippen molar-refractivity contribution < 1.29 is 27.1 Å². The Bertz CT molecular complexity index is 504. The molecule has 106 valence electrons. The fourth-order valence-electron chi connectivity index (χ4n) is 1.29. The maximum absolute atomic E-state index is 13.8. The van der Waals surface area contributed by atoms with Crippen molar-refractivity contribution in [3.63, 3.8) is 0 Å². The Morgan fingerprint density at radius 1 is 1.21 bits per heavy atom. The third kappa shape index (κ3) is 3.92. The topological polar surface area (TPSA) is 26.3 Å². The van der Waals surface area contributed by atoms with E-state index in [2.05, 4.69) is 15.9 Å². The first-order chi connectivity index (χ1) is 8.43. The zero-order valence-corrected chi connectivity index (χ0v) is 11.9. The summed E-state index contributed by atoms with van der Waals surface area (Å²) < 4.78 is 56.3. The average molecular weight is 343 g/mol. The van der Waals surface area contributed by atoms with Crippen molar-refractivity contribution in [3.8, 4) is 0 Å². The summed E-state index contributed by atoms with van der Waals surface area (Å²) in [4.78, 5) is 11.7. The van der Waals surface area contributed by atoms with Crippen LogP contribution in [0.2, 0.25) is 0 Å². The van der Waals surface area contributed by atoms with Crippen molar-refractivity contribution in [1.29, 1.82) is 0 Å². The Morgan fingerprint density at radius 2 is 1.74 bits per heavy atom. The van der Waals surface area contributed by atoms with Crippen LogP contribution in [0.1, 0.15) is 36.7 Å². The molecule has 1 aromatic carbocycles. The van der Waals surface area contributed by atoms with Crippen molar-refractivity contribution in [1.82, 2.24) is 0 Å². The number of esters is 1. The Balaban J connectivity index is 3.32. The third-order valence-corrected chi connectivity index (χ3v) is 2.66. The van der Waals surface area contributed by atoms with Gasteiger partial charge in [0.05, 0.1) is 5.56 Å². The Labute approximate surface area is 115 Å². The minimum atomic E-state index is -4.87. The number of rotatable bonds is 1. The van der Waals surface area contributed by atoms with Crippen LogP contribution in [0.15, 0.2) is 16.6 Å². The van der Waals surface area contributed by atoms with Gasteiger partial charge in [0.25, 0.3) is 0 Å². The average Bonchev–Trinajstić information content (AvgIpc) is 2.11. The van der Waals surface area contributed by atoms with E-state index >= 15 is 0 Å². The van der Waals surface area contributed by atoms with Gasteiger partial charge in [-0.3, -0.25) is 0 Å². The Hall–Kier alpha value is -1.11. The van der Waals surface area contributed by atoms with Gasteiger partial charge in [-0.05, 0) is 48.8 Å². The second-order valence-corrected chi connectivity index (χ2v) is 5.64. The zero-order chi connectivity index (χ0) is 15.0. The monoisotopic (exact) mass is 342 g/mol. The van der Waals surface area contributed by atoms with E-state index in [1.807, 2.05) is 0 Å². The maximum Gasteiger partial charge on any atom is 0.419 e. The number of benzene rings is 1. The number of carbonyl (C=O) groups is 1. The number of alkyl halides is 3. The van der Waals surface area contributed by atoms with Crippen LogP contribution in [0, 0.1) is 5.82 Å². The summed E-state index contributed by atoms with van der Waals surface area (Å²) in [5, 5.41) is 0. The molecule has 0 bridgehead atoms. The van der Waals surface area contributed by atoms with Crippen LogP contribution in [0.3, 0.4) is 0 Å². The molecule has 0 unspecified atom stereocenters. The van der Waals surface area contributed by atoms with Crippen molar-refractivity contribution in [2.75, 3.05) is 0 Å². The van der Waals surface area contributed by atoms with E-state index in [-0.39, 0.29) is 4.47 Å². The highest BCUT2D eigenvalue weighted by Gasteiger charge is 2.37. The molecule has 0 aliphatic rings. The van der Waals surface area contributed by atoms with Crippen molar-refractivity contribution >= 4 is 21.9 Å². The van der Waals surface area contributed by atoms with E-state index < -0.39 is 34.7 Å². The molecule has 0 spiro atoms. The van der Waals surface area contributed by atoms with Crippen molar-refractivity contribution in [3.05, 3.63) is 33.5 Å². The van der Waals surface area contributed by atoms with Gasteiger partial charge in [-0.1, -0.05) is 0 Å². The predicted octanol–water partition coefficient (Wildman–Crippen LogP) is 4.56. The highest BCUT2D eigenvalue weighted by atomic mass is 79.9. The van der Waals surface area contributed by atoms with Crippen LogP contribution in [-0.4, -0.2) is 11.6 Å². The standard InChI is InChI=1S/C12H11BrF4O2/c1-11(2,3)19-10(18)8-7(13)5-4-6(9(8)14)12(15,16)17/h4-5H,1-3H3. The van der Waals surface area contributed by atoms with Gasteiger partial charge in [0, 0.05) is 4.47 Å². The molecule has 7 heteroatoms. The summed E-state index contributed by atoms with van der Waals surface area (Å²) in [5.41, 5.74) is -3.20. The summed E-state index contributed by atoms with van der Waals surface area (Å²) in [6, 6.07) is 1.53. The maximum atomic E-state index is 13.8. The lowest BCUT2D eigenvalue weighted by Crippen LogP contribution is -2.25. The van der Waals surface area contributed by atoms with E-state index in [9.17, 15) is 22.4 Å². The van der Waals surface area contributed by atoms with E-state index in [4.69, 9.17) is 4.74 Å². The van der Waals surface area contributed by atoms with Gasteiger partial charge in [-0.15, -0.1) is 0 Å². The number of hydrogen-bond acceptors (Lipinski definition) is 2. The van der Waals surface area contributed by atoms with Crippen molar-refractivity contribution in [2.24, 2.45) is 0 Å². The normalized spacial score (nSPS) is 12.4. The molecule has 19 heavy (non-hydrogen) atoms. The van der Waals surface area contributed by atoms with Gasteiger partial charge in [0.1, 0.15) is 11.2 Å². The van der Waals surface area contributed by atoms with E-state index in [1.54, 1.807) is 0 Å². The quantitative estimate of drug-likeness (QED) is 0.552. The van der Waals surface area contributed by atoms with Gasteiger partial charge in [-0.25, -0.2) is 9.18 Å². The predicted molar refractivity (Wildman–Crippen MR) is 64.3 cm³/mol. The molecule has 0 radical (unpaired) electrons. The fourth-order valence-corrected chi connectivity index (χ4v) is 1.76. The third-order valence-electron chi connectivity index (χ3n) is 2.00. The molecule has 2 nitrogen and oxygen atoms in total. The molecule has 1 aromatic rings. The van der Waals surface area contributed by atoms with Gasteiger partial charge in [-0.2, -0.15) is 13.2 Å². The molecular weight excluding hydrogens is 332 g/mol. The summed E-state index contributed by atoms with van der Waals surface area (Å²) in [6.07, 6.45) is -4.87. The number of carbonyl (C=O) groups excluding carboxylic acids is 1. The van der Waals surface area contributed by atoms with Crippen LogP contribution < -0.4 is 0 Å². The first-order valence-corrected chi connectivity index (χ1v) is 6.01. The summed E-state index contributed by atoms with van der Waals surface area (Å²) in [7, 11) is 0. The first-order valence-electron chi connectivity index (χ1n) is 5.22. The molecule has 0 amide bonds. The second-order valence-electron chi connectivity index (χ2n) is 4.78. The van der Waals surface area contributed by atoms with E-state index in [0.717, 1.165) is 6.07 Å². The van der Waals surface area contributed by atoms with Gasteiger partial charge in [0.15, 0.2) is 5.82 Å². The highest BCUT2D eigenvalue weighted by molar-refractivity contribution is 9.10. The minimum absolute atomic E-state index is 0.0905. The van der Waals surface area contributed by atoms with Crippen LogP contribution in [0.5, 0.6) is 0 Å². The minimum Gasteiger partial charge on any atom is -0.456 e. The van der Waals surface area contributed by atoms with Crippen molar-refractivity contribution in [2.45, 2.75) is 32.5 Å². The molecule has 0 N–H and O–H groups in total. The Kier molecular flexibility index (Phi) is 4.29. The lowest BCUT2D eigenvalue weighted by atomic mass is 10.1. The largest absolute Gasteiger partial charge is 0.456 e. The first kappa shape index (κ1) is 15.9. The molecule has 1 rings (SSSR count). The van der Waals surface area contributed by atoms with Gasteiger partial charge in [0.2, 0.25) is 0 Å². The van der Waals surface area contributed by atoms with Crippen LogP contribution in [0.4, 0.5) is 17.6 Å². The molecular formula is C12H11BrF4O2. The molecule has 0 atom stereocenters. The summed E-state index contributed by atoms with van der Waals surface area (Å²) in [5.74, 6) is -2.79. The number of halogens is 5. The van der Waals surface area contributed by atoms with Crippen LogP contribution >= 0.6 is 15.9 Å². The molecule has 0 saturated carbocycles. The lowest BCUT2D eigenvalue weighted by Gasteiger charge is -2.20. The van der Waals surface area contributed by atoms with E-state index in [0.29, 0.717) is 6.07 Å². The summed E-state index contributed by atoms with van der Waals surface area (Å²) in [6.45, 7) is 4.60. The molecule has 0 saturated heterocycles. The molecule has 0 aliphatic heterocycles. The highest BCUT2D eigenvalue weighted by Crippen LogP contribution is 2.35. The lowest BCUT2D eigenvalue weighted by molar-refractivity contribution is -0.140. The SMILES string of the molecule is CC(C)(C)OC(=O)c1c(Br)ccc(C(F)(F)F)c1F. The van der Waals surface area contributed by atoms with Gasteiger partial charge < -0.3 is 4.74 Å². The van der Waals surface area contributed by atoms with Gasteiger partial charge >= 0.3 is 12.1 Å². The Morgan fingerprint density at radius 3 is 2.16 bits per heavy atom. The van der Waals surface area contributed by atoms with Crippen LogP contribution in [0.25, 0.3) is 0 Å². The molecule has 0 aromatic heterocycles. The van der Waals surface area contributed by atoms with E-state index in [1.165, 1.54) is 20.8 Å². The summed E-state index contributed by atoms with van der Waals surface area (Å²) >= 11 is 2.85. The molecule has 0 aliphatic carbocycles. The zero-order valence-electron chi connectivity index (χ0n) is 10.4. The molecule has 0 heterocycles. The van der Waals surface area contributed by atoms with Crippen LogP contribution in [-0.2, 0) is 10.9 Å². The second kappa shape index (κ2) is 5.11. The smallest absolute Gasteiger partial charge is 0.419 e. The fraction of sp³-hybridized carbons (Fsp3) is 0.417. The number of hydrogen-bond donors (Lipinski definition) is 0.